The third kappa shape index (κ3) is 5.10. The summed E-state index contributed by atoms with van der Waals surface area (Å²) in [6, 6.07) is 3.67. The maximum atomic E-state index is 13.5. The summed E-state index contributed by atoms with van der Waals surface area (Å²) in [5.41, 5.74) is 3.42. The molecular weight excluding hydrogens is 234 g/mol. The van der Waals surface area contributed by atoms with Crippen molar-refractivity contribution >= 4 is 0 Å². The molecule has 0 fully saturated rings. The minimum absolute atomic E-state index is 0.00388. The van der Waals surface area contributed by atoms with Crippen molar-refractivity contribution < 1.29 is 8.78 Å². The van der Waals surface area contributed by atoms with Gasteiger partial charge in [0.1, 0.15) is 11.6 Å². The molecule has 0 radical (unpaired) electrons. The standard InChI is InChI=1S/C14H22F2N2/c1-14(2,3)7-6-12(18-17)8-10-4-5-11(15)9-13(10)16/h4-5,9,12,18H,6-8,17H2,1-3H3. The maximum Gasteiger partial charge on any atom is 0.129 e. The molecule has 0 aliphatic heterocycles. The van der Waals surface area contributed by atoms with Crippen molar-refractivity contribution in [2.24, 2.45) is 11.3 Å². The predicted molar refractivity (Wildman–Crippen MR) is 69.9 cm³/mol. The molecule has 1 aromatic carbocycles. The molecule has 3 N–H and O–H groups in total. The van der Waals surface area contributed by atoms with Crippen LogP contribution in [-0.4, -0.2) is 6.04 Å². The summed E-state index contributed by atoms with van der Waals surface area (Å²) in [5.74, 6) is 4.42. The first kappa shape index (κ1) is 15.1. The fourth-order valence-electron chi connectivity index (χ4n) is 1.80. The number of nitrogens with one attached hydrogen (secondary N) is 1. The van der Waals surface area contributed by atoms with Gasteiger partial charge in [-0.3, -0.25) is 11.3 Å². The van der Waals surface area contributed by atoms with Crippen molar-refractivity contribution in [3.8, 4) is 0 Å². The van der Waals surface area contributed by atoms with Gasteiger partial charge in [-0.05, 0) is 36.3 Å². The highest BCUT2D eigenvalue weighted by Gasteiger charge is 2.16. The van der Waals surface area contributed by atoms with Gasteiger partial charge in [-0.15, -0.1) is 0 Å². The molecule has 102 valence electrons. The van der Waals surface area contributed by atoms with Gasteiger partial charge in [-0.2, -0.15) is 0 Å². The van der Waals surface area contributed by atoms with Crippen LogP contribution in [0.2, 0.25) is 0 Å². The van der Waals surface area contributed by atoms with E-state index in [2.05, 4.69) is 26.2 Å². The summed E-state index contributed by atoms with van der Waals surface area (Å²) >= 11 is 0. The highest BCUT2D eigenvalue weighted by atomic mass is 19.1. The molecule has 1 rings (SSSR count). The Morgan fingerprint density at radius 1 is 1.28 bits per heavy atom. The second-order valence-corrected chi connectivity index (χ2v) is 5.90. The van der Waals surface area contributed by atoms with Crippen LogP contribution in [0.25, 0.3) is 0 Å². The number of benzene rings is 1. The molecular formula is C14H22F2N2. The van der Waals surface area contributed by atoms with Crippen LogP contribution in [-0.2, 0) is 6.42 Å². The zero-order valence-corrected chi connectivity index (χ0v) is 11.3. The van der Waals surface area contributed by atoms with E-state index in [1.54, 1.807) is 0 Å². The molecule has 1 aromatic rings. The van der Waals surface area contributed by atoms with Gasteiger partial charge in [0.2, 0.25) is 0 Å². The van der Waals surface area contributed by atoms with Crippen LogP contribution in [0.4, 0.5) is 8.78 Å². The van der Waals surface area contributed by atoms with Crippen LogP contribution in [0.15, 0.2) is 18.2 Å². The second kappa shape index (κ2) is 6.25. The lowest BCUT2D eigenvalue weighted by molar-refractivity contribution is 0.329. The molecule has 18 heavy (non-hydrogen) atoms. The summed E-state index contributed by atoms with van der Waals surface area (Å²) in [4.78, 5) is 0. The first-order valence-electron chi connectivity index (χ1n) is 6.22. The first-order valence-corrected chi connectivity index (χ1v) is 6.22. The van der Waals surface area contributed by atoms with Crippen molar-refractivity contribution in [3.05, 3.63) is 35.4 Å². The summed E-state index contributed by atoms with van der Waals surface area (Å²) < 4.78 is 26.3. The van der Waals surface area contributed by atoms with E-state index in [0.29, 0.717) is 12.0 Å². The van der Waals surface area contributed by atoms with Crippen LogP contribution in [0.1, 0.15) is 39.2 Å². The van der Waals surface area contributed by atoms with E-state index in [1.807, 2.05) is 0 Å². The van der Waals surface area contributed by atoms with Crippen LogP contribution >= 0.6 is 0 Å². The third-order valence-corrected chi connectivity index (χ3v) is 2.96. The lowest BCUT2D eigenvalue weighted by Gasteiger charge is -2.23. The molecule has 0 aromatic heterocycles. The zero-order valence-electron chi connectivity index (χ0n) is 11.3. The van der Waals surface area contributed by atoms with Crippen molar-refractivity contribution in [1.29, 1.82) is 0 Å². The maximum absolute atomic E-state index is 13.5. The molecule has 4 heteroatoms. The molecule has 0 aliphatic rings. The Hall–Kier alpha value is -1.00. The van der Waals surface area contributed by atoms with Gasteiger partial charge in [0, 0.05) is 12.1 Å². The van der Waals surface area contributed by atoms with E-state index in [0.717, 1.165) is 18.9 Å². The molecule has 0 bridgehead atoms. The lowest BCUT2D eigenvalue weighted by Crippen LogP contribution is -2.37. The van der Waals surface area contributed by atoms with E-state index >= 15 is 0 Å². The van der Waals surface area contributed by atoms with Crippen LogP contribution in [0.3, 0.4) is 0 Å². The first-order chi connectivity index (χ1) is 8.31. The van der Waals surface area contributed by atoms with Gasteiger partial charge in [0.05, 0.1) is 0 Å². The molecule has 0 heterocycles. The van der Waals surface area contributed by atoms with Crippen molar-refractivity contribution in [3.63, 3.8) is 0 Å². The van der Waals surface area contributed by atoms with Crippen LogP contribution in [0.5, 0.6) is 0 Å². The minimum Gasteiger partial charge on any atom is -0.271 e. The molecule has 2 nitrogen and oxygen atoms in total. The lowest BCUT2D eigenvalue weighted by atomic mass is 9.87. The summed E-state index contributed by atoms with van der Waals surface area (Å²) in [7, 11) is 0. The molecule has 1 atom stereocenters. The molecule has 0 saturated carbocycles. The summed E-state index contributed by atoms with van der Waals surface area (Å²) in [6.07, 6.45) is 2.32. The summed E-state index contributed by atoms with van der Waals surface area (Å²) in [6.45, 7) is 6.46. The van der Waals surface area contributed by atoms with Gasteiger partial charge in [0.25, 0.3) is 0 Å². The number of nitrogens with two attached hydrogens (primary N) is 1. The molecule has 0 saturated heterocycles. The Kier molecular flexibility index (Phi) is 5.23. The topological polar surface area (TPSA) is 38.0 Å². The van der Waals surface area contributed by atoms with Gasteiger partial charge >= 0.3 is 0 Å². The average Bonchev–Trinajstić information content (AvgIpc) is 2.25. The predicted octanol–water partition coefficient (Wildman–Crippen LogP) is 3.17. The number of hydrogen-bond donors (Lipinski definition) is 2. The zero-order chi connectivity index (χ0) is 13.8. The fraction of sp³-hybridized carbons (Fsp3) is 0.571. The Labute approximate surface area is 108 Å². The van der Waals surface area contributed by atoms with Gasteiger partial charge in [-0.1, -0.05) is 26.8 Å². The Bertz CT molecular complexity index is 386. The van der Waals surface area contributed by atoms with Crippen LogP contribution in [0, 0.1) is 17.0 Å². The van der Waals surface area contributed by atoms with Crippen molar-refractivity contribution in [2.75, 3.05) is 0 Å². The van der Waals surface area contributed by atoms with Gasteiger partial charge in [-0.25, -0.2) is 8.78 Å². The normalized spacial score (nSPS) is 13.7. The largest absolute Gasteiger partial charge is 0.271 e. The SMILES string of the molecule is CC(C)(C)CCC(Cc1ccc(F)cc1F)NN. The molecule has 1 unspecified atom stereocenters. The minimum atomic E-state index is -0.553. The van der Waals surface area contributed by atoms with E-state index in [4.69, 9.17) is 5.84 Å². The Balaban J connectivity index is 2.62. The van der Waals surface area contributed by atoms with Gasteiger partial charge < -0.3 is 0 Å². The highest BCUT2D eigenvalue weighted by molar-refractivity contribution is 5.19. The number of rotatable bonds is 5. The van der Waals surface area contributed by atoms with Crippen LogP contribution < -0.4 is 11.3 Å². The quantitative estimate of drug-likeness (QED) is 0.627. The van der Waals surface area contributed by atoms with Crippen molar-refractivity contribution in [1.82, 2.24) is 5.43 Å². The number of halogens is 2. The highest BCUT2D eigenvalue weighted by Crippen LogP contribution is 2.23. The Morgan fingerprint density at radius 3 is 2.44 bits per heavy atom. The average molecular weight is 256 g/mol. The van der Waals surface area contributed by atoms with E-state index in [-0.39, 0.29) is 11.5 Å². The molecule has 0 aliphatic carbocycles. The smallest absolute Gasteiger partial charge is 0.129 e. The van der Waals surface area contributed by atoms with Gasteiger partial charge in [0.15, 0.2) is 0 Å². The summed E-state index contributed by atoms with van der Waals surface area (Å²) in [5, 5.41) is 0. The van der Waals surface area contributed by atoms with E-state index in [1.165, 1.54) is 12.1 Å². The Morgan fingerprint density at radius 2 is 1.94 bits per heavy atom. The van der Waals surface area contributed by atoms with E-state index in [9.17, 15) is 8.78 Å². The van der Waals surface area contributed by atoms with E-state index < -0.39 is 11.6 Å². The number of hydrogen-bond acceptors (Lipinski definition) is 2. The second-order valence-electron chi connectivity index (χ2n) is 5.90. The monoisotopic (exact) mass is 256 g/mol. The number of hydrazine groups is 1. The molecule has 0 spiro atoms. The van der Waals surface area contributed by atoms with Crippen molar-refractivity contribution in [2.45, 2.75) is 46.1 Å². The third-order valence-electron chi connectivity index (χ3n) is 2.96. The fourth-order valence-corrected chi connectivity index (χ4v) is 1.80. The molecule has 0 amide bonds.